The molecule has 0 saturated carbocycles. The third-order valence-corrected chi connectivity index (χ3v) is 6.46. The number of carbonyl (C=O) groups is 1. The summed E-state index contributed by atoms with van der Waals surface area (Å²) in [5.41, 5.74) is 3.03. The van der Waals surface area contributed by atoms with Crippen LogP contribution in [0.5, 0.6) is 0 Å². The summed E-state index contributed by atoms with van der Waals surface area (Å²) in [6.45, 7) is 1.61. The standard InChI is InChI=1S/C21H24ClN5OS/c1-27-13-15(12-25-27)21(28)24-9-2-3-19-26-20-17(23-10-8-18(20)29-19)11-14-4-6-16(22)7-5-14/h4-7,12-13,17,23H,2-3,8-11H2,1H3,(H,24,28). The van der Waals surface area contributed by atoms with Crippen molar-refractivity contribution in [1.82, 2.24) is 25.4 Å². The van der Waals surface area contributed by atoms with Crippen molar-refractivity contribution < 1.29 is 4.79 Å². The SMILES string of the molecule is Cn1cc(C(=O)NCCCc2nc3c(s2)CCNC3Cc2ccc(Cl)cc2)cn1. The molecule has 3 heterocycles. The topological polar surface area (TPSA) is 71.8 Å². The van der Waals surface area contributed by atoms with Crippen molar-refractivity contribution in [3.05, 3.63) is 68.4 Å². The lowest BCUT2D eigenvalue weighted by molar-refractivity contribution is 0.0953. The van der Waals surface area contributed by atoms with Crippen LogP contribution in [-0.2, 0) is 26.3 Å². The van der Waals surface area contributed by atoms with Crippen LogP contribution in [0.3, 0.4) is 0 Å². The molecule has 1 aliphatic heterocycles. The number of nitrogens with one attached hydrogen (secondary N) is 2. The second kappa shape index (κ2) is 9.07. The number of aryl methyl sites for hydroxylation is 2. The fourth-order valence-electron chi connectivity index (χ4n) is 3.54. The van der Waals surface area contributed by atoms with E-state index >= 15 is 0 Å². The fraction of sp³-hybridized carbons (Fsp3) is 0.381. The Balaban J connectivity index is 1.31. The van der Waals surface area contributed by atoms with Crippen LogP contribution < -0.4 is 10.6 Å². The number of amides is 1. The van der Waals surface area contributed by atoms with Gasteiger partial charge in [-0.3, -0.25) is 9.48 Å². The first-order valence-corrected chi connectivity index (χ1v) is 11.0. The maximum absolute atomic E-state index is 12.1. The van der Waals surface area contributed by atoms with Crippen LogP contribution in [0.15, 0.2) is 36.7 Å². The van der Waals surface area contributed by atoms with Crippen LogP contribution in [-0.4, -0.2) is 33.8 Å². The van der Waals surface area contributed by atoms with E-state index in [1.807, 2.05) is 23.5 Å². The lowest BCUT2D eigenvalue weighted by Gasteiger charge is -2.23. The van der Waals surface area contributed by atoms with Gasteiger partial charge in [0.05, 0.1) is 28.5 Å². The molecule has 4 rings (SSSR count). The van der Waals surface area contributed by atoms with Gasteiger partial charge in [-0.15, -0.1) is 11.3 Å². The van der Waals surface area contributed by atoms with Crippen LogP contribution in [0.4, 0.5) is 0 Å². The molecule has 8 heteroatoms. The summed E-state index contributed by atoms with van der Waals surface area (Å²) in [4.78, 5) is 18.4. The number of halogens is 1. The van der Waals surface area contributed by atoms with E-state index in [4.69, 9.17) is 16.6 Å². The summed E-state index contributed by atoms with van der Waals surface area (Å²) in [5.74, 6) is -0.0799. The minimum absolute atomic E-state index is 0.0799. The third kappa shape index (κ3) is 5.04. The summed E-state index contributed by atoms with van der Waals surface area (Å²) >= 11 is 7.81. The predicted molar refractivity (Wildman–Crippen MR) is 116 cm³/mol. The van der Waals surface area contributed by atoms with Crippen LogP contribution in [0.2, 0.25) is 5.02 Å². The van der Waals surface area contributed by atoms with Crippen LogP contribution in [0.1, 0.15) is 44.0 Å². The minimum atomic E-state index is -0.0799. The average molecular weight is 430 g/mol. The number of aromatic nitrogens is 3. The van der Waals surface area contributed by atoms with Crippen molar-refractivity contribution in [2.45, 2.75) is 31.7 Å². The van der Waals surface area contributed by atoms with Gasteiger partial charge in [0.1, 0.15) is 0 Å². The Hall–Kier alpha value is -2.22. The molecule has 29 heavy (non-hydrogen) atoms. The molecule has 0 saturated heterocycles. The molecule has 2 aromatic heterocycles. The summed E-state index contributed by atoms with van der Waals surface area (Å²) < 4.78 is 1.63. The largest absolute Gasteiger partial charge is 0.352 e. The van der Waals surface area contributed by atoms with Crippen LogP contribution >= 0.6 is 22.9 Å². The Bertz CT molecular complexity index is 981. The first-order chi connectivity index (χ1) is 14.1. The first kappa shape index (κ1) is 20.1. The molecule has 152 valence electrons. The molecule has 0 radical (unpaired) electrons. The van der Waals surface area contributed by atoms with Gasteiger partial charge in [0.15, 0.2) is 0 Å². The minimum Gasteiger partial charge on any atom is -0.352 e. The normalized spacial score (nSPS) is 15.9. The second-order valence-electron chi connectivity index (χ2n) is 7.27. The van der Waals surface area contributed by atoms with Crippen molar-refractivity contribution in [3.63, 3.8) is 0 Å². The molecule has 1 amide bonds. The summed E-state index contributed by atoms with van der Waals surface area (Å²) in [7, 11) is 1.80. The molecule has 6 nitrogen and oxygen atoms in total. The van der Waals surface area contributed by atoms with E-state index in [-0.39, 0.29) is 11.9 Å². The maximum atomic E-state index is 12.1. The van der Waals surface area contributed by atoms with E-state index in [1.165, 1.54) is 16.1 Å². The highest BCUT2D eigenvalue weighted by Gasteiger charge is 2.24. The van der Waals surface area contributed by atoms with E-state index in [1.54, 1.807) is 24.1 Å². The van der Waals surface area contributed by atoms with Gasteiger partial charge in [0.25, 0.3) is 5.91 Å². The predicted octanol–water partition coefficient (Wildman–Crippen LogP) is 3.32. The van der Waals surface area contributed by atoms with E-state index in [2.05, 4.69) is 27.9 Å². The molecule has 3 aromatic rings. The molecule has 1 aromatic carbocycles. The Morgan fingerprint density at radius 2 is 2.21 bits per heavy atom. The molecular formula is C21H24ClN5OS. The molecule has 1 atom stereocenters. The highest BCUT2D eigenvalue weighted by atomic mass is 35.5. The lowest BCUT2D eigenvalue weighted by atomic mass is 9.99. The average Bonchev–Trinajstić information content (AvgIpc) is 3.33. The number of carbonyl (C=O) groups excluding carboxylic acids is 1. The summed E-state index contributed by atoms with van der Waals surface area (Å²) in [6.07, 6.45) is 6.98. The van der Waals surface area contributed by atoms with Crippen molar-refractivity contribution in [1.29, 1.82) is 0 Å². The molecule has 0 spiro atoms. The van der Waals surface area contributed by atoms with Gasteiger partial charge in [-0.05, 0) is 37.0 Å². The van der Waals surface area contributed by atoms with Crippen molar-refractivity contribution in [3.8, 4) is 0 Å². The van der Waals surface area contributed by atoms with Crippen molar-refractivity contribution in [2.24, 2.45) is 7.05 Å². The zero-order valence-corrected chi connectivity index (χ0v) is 17.9. The number of hydrogen-bond donors (Lipinski definition) is 2. The smallest absolute Gasteiger partial charge is 0.254 e. The van der Waals surface area contributed by atoms with E-state index < -0.39 is 0 Å². The van der Waals surface area contributed by atoms with Crippen LogP contribution in [0, 0.1) is 0 Å². The van der Waals surface area contributed by atoms with Crippen molar-refractivity contribution >= 4 is 28.8 Å². The van der Waals surface area contributed by atoms with Gasteiger partial charge in [-0.2, -0.15) is 5.10 Å². The third-order valence-electron chi connectivity index (χ3n) is 5.02. The van der Waals surface area contributed by atoms with Gasteiger partial charge in [-0.25, -0.2) is 4.98 Å². The Morgan fingerprint density at radius 1 is 1.38 bits per heavy atom. The Kier molecular flexibility index (Phi) is 6.28. The van der Waals surface area contributed by atoms with E-state index in [0.29, 0.717) is 12.1 Å². The fourth-order valence-corrected chi connectivity index (χ4v) is 4.83. The zero-order valence-electron chi connectivity index (χ0n) is 16.3. The number of hydrogen-bond acceptors (Lipinski definition) is 5. The molecule has 1 aliphatic rings. The number of rotatable bonds is 7. The molecule has 0 fully saturated rings. The molecule has 2 N–H and O–H groups in total. The quantitative estimate of drug-likeness (QED) is 0.565. The van der Waals surface area contributed by atoms with Gasteiger partial charge in [0.2, 0.25) is 0 Å². The molecule has 1 unspecified atom stereocenters. The second-order valence-corrected chi connectivity index (χ2v) is 8.87. The van der Waals surface area contributed by atoms with Gasteiger partial charge in [-0.1, -0.05) is 23.7 Å². The maximum Gasteiger partial charge on any atom is 0.254 e. The van der Waals surface area contributed by atoms with Crippen LogP contribution in [0.25, 0.3) is 0 Å². The lowest BCUT2D eigenvalue weighted by Crippen LogP contribution is -2.30. The number of fused-ring (bicyclic) bond motifs is 1. The highest BCUT2D eigenvalue weighted by Crippen LogP contribution is 2.30. The van der Waals surface area contributed by atoms with Crippen molar-refractivity contribution in [2.75, 3.05) is 13.1 Å². The number of nitrogens with zero attached hydrogens (tertiary/aromatic N) is 3. The highest BCUT2D eigenvalue weighted by molar-refractivity contribution is 7.11. The summed E-state index contributed by atoms with van der Waals surface area (Å²) in [5, 5.41) is 12.5. The Morgan fingerprint density at radius 3 is 2.97 bits per heavy atom. The number of benzene rings is 1. The zero-order chi connectivity index (χ0) is 20.2. The molecular weight excluding hydrogens is 406 g/mol. The van der Waals surface area contributed by atoms with Gasteiger partial charge in [0, 0.05) is 42.7 Å². The first-order valence-electron chi connectivity index (χ1n) is 9.81. The molecule has 0 aliphatic carbocycles. The van der Waals surface area contributed by atoms with E-state index in [9.17, 15) is 4.79 Å². The van der Waals surface area contributed by atoms with Gasteiger partial charge >= 0.3 is 0 Å². The monoisotopic (exact) mass is 429 g/mol. The van der Waals surface area contributed by atoms with E-state index in [0.717, 1.165) is 42.3 Å². The Labute approximate surface area is 179 Å². The number of thiazole rings is 1. The summed E-state index contributed by atoms with van der Waals surface area (Å²) in [6, 6.07) is 8.28. The molecule has 0 bridgehead atoms. The van der Waals surface area contributed by atoms with Gasteiger partial charge < -0.3 is 10.6 Å².